The van der Waals surface area contributed by atoms with Gasteiger partial charge in [0.15, 0.2) is 6.61 Å². The van der Waals surface area contributed by atoms with Gasteiger partial charge >= 0.3 is 0 Å². The minimum absolute atomic E-state index is 0.0799. The fourth-order valence-electron chi connectivity index (χ4n) is 3.05. The highest BCUT2D eigenvalue weighted by Gasteiger charge is 2.21. The zero-order chi connectivity index (χ0) is 20.7. The molecule has 29 heavy (non-hydrogen) atoms. The number of benzene rings is 2. The second kappa shape index (κ2) is 9.87. The summed E-state index contributed by atoms with van der Waals surface area (Å²) in [6.45, 7) is 1.37. The van der Waals surface area contributed by atoms with Crippen LogP contribution in [0.15, 0.2) is 59.5 Å². The summed E-state index contributed by atoms with van der Waals surface area (Å²) in [7, 11) is -2.07. The predicted molar refractivity (Wildman–Crippen MR) is 109 cm³/mol. The fourth-order valence-corrected chi connectivity index (χ4v) is 4.21. The molecule has 0 bridgehead atoms. The van der Waals surface area contributed by atoms with Gasteiger partial charge in [0.25, 0.3) is 5.91 Å². The Kier molecular flexibility index (Phi) is 7.24. The van der Waals surface area contributed by atoms with Crippen LogP contribution in [0.5, 0.6) is 5.75 Å². The van der Waals surface area contributed by atoms with Gasteiger partial charge in [-0.05, 0) is 42.7 Å². The third kappa shape index (κ3) is 6.03. The summed E-state index contributed by atoms with van der Waals surface area (Å²) in [5.74, 6) is 0.196. The Bertz CT molecular complexity index is 894. The molecule has 1 fully saturated rings. The molecule has 1 atom stereocenters. The van der Waals surface area contributed by atoms with Crippen LogP contribution < -0.4 is 10.1 Å². The van der Waals surface area contributed by atoms with E-state index in [0.717, 1.165) is 25.0 Å². The topological polar surface area (TPSA) is 84.9 Å². The first-order valence-electron chi connectivity index (χ1n) is 9.56. The van der Waals surface area contributed by atoms with Gasteiger partial charge < -0.3 is 14.8 Å². The van der Waals surface area contributed by atoms with Gasteiger partial charge in [0.2, 0.25) is 10.0 Å². The maximum atomic E-state index is 12.7. The van der Waals surface area contributed by atoms with Crippen molar-refractivity contribution >= 4 is 15.9 Å². The monoisotopic (exact) mass is 418 g/mol. The lowest BCUT2D eigenvalue weighted by atomic mass is 10.2. The molecule has 0 spiro atoms. The van der Waals surface area contributed by atoms with Gasteiger partial charge in [0.1, 0.15) is 5.75 Å². The number of nitrogens with zero attached hydrogens (tertiary/aromatic N) is 1. The Balaban J connectivity index is 1.51. The first kappa shape index (κ1) is 21.3. The third-order valence-corrected chi connectivity index (χ3v) is 6.52. The second-order valence-electron chi connectivity index (χ2n) is 6.95. The predicted octanol–water partition coefficient (Wildman–Crippen LogP) is 2.18. The lowest BCUT2D eigenvalue weighted by molar-refractivity contribution is -0.123. The number of nitrogens with one attached hydrogen (secondary N) is 1. The standard InChI is InChI=1S/C21H26N2O5S/c1-23(15-17-6-3-2-4-7-17)29(25,26)20-11-9-18(10-12-20)28-16-21(24)22-14-19-8-5-13-27-19/h2-4,6-7,9-12,19H,5,8,13-16H2,1H3,(H,22,24). The molecule has 0 aliphatic carbocycles. The molecule has 1 heterocycles. The number of sulfonamides is 1. The molecule has 156 valence electrons. The number of rotatable bonds is 9. The van der Waals surface area contributed by atoms with Crippen molar-refractivity contribution in [3.05, 3.63) is 60.2 Å². The van der Waals surface area contributed by atoms with Crippen molar-refractivity contribution < 1.29 is 22.7 Å². The number of ether oxygens (including phenoxy) is 2. The van der Waals surface area contributed by atoms with Crippen LogP contribution in [0.2, 0.25) is 0 Å². The van der Waals surface area contributed by atoms with Crippen LogP contribution in [0.3, 0.4) is 0 Å². The molecule has 0 saturated carbocycles. The second-order valence-corrected chi connectivity index (χ2v) is 8.99. The summed E-state index contributed by atoms with van der Waals surface area (Å²) >= 11 is 0. The zero-order valence-electron chi connectivity index (χ0n) is 16.4. The normalized spacial score (nSPS) is 16.7. The van der Waals surface area contributed by atoms with Crippen LogP contribution in [0, 0.1) is 0 Å². The van der Waals surface area contributed by atoms with E-state index in [4.69, 9.17) is 9.47 Å². The van der Waals surface area contributed by atoms with Gasteiger partial charge in [-0.2, -0.15) is 4.31 Å². The summed E-state index contributed by atoms with van der Waals surface area (Å²) in [6, 6.07) is 15.5. The first-order valence-corrected chi connectivity index (χ1v) is 11.0. The molecule has 1 saturated heterocycles. The van der Waals surface area contributed by atoms with E-state index < -0.39 is 10.0 Å². The molecule has 1 amide bonds. The number of hydrogen-bond acceptors (Lipinski definition) is 5. The molecule has 2 aromatic carbocycles. The van der Waals surface area contributed by atoms with E-state index in [2.05, 4.69) is 5.32 Å². The van der Waals surface area contributed by atoms with Crippen molar-refractivity contribution in [1.82, 2.24) is 9.62 Å². The SMILES string of the molecule is CN(Cc1ccccc1)S(=O)(=O)c1ccc(OCC(=O)NCC2CCCO2)cc1. The van der Waals surface area contributed by atoms with E-state index in [1.54, 1.807) is 19.2 Å². The molecular formula is C21H26N2O5S. The van der Waals surface area contributed by atoms with Crippen molar-refractivity contribution in [2.45, 2.75) is 30.4 Å². The Morgan fingerprint density at radius 3 is 2.55 bits per heavy atom. The molecule has 0 aromatic heterocycles. The average Bonchev–Trinajstić information content (AvgIpc) is 3.25. The Labute approximate surface area is 171 Å². The molecule has 3 rings (SSSR count). The molecule has 1 aliphatic rings. The van der Waals surface area contributed by atoms with Crippen molar-refractivity contribution in [2.75, 3.05) is 26.8 Å². The van der Waals surface area contributed by atoms with Gasteiger partial charge in [0.05, 0.1) is 11.0 Å². The summed E-state index contributed by atoms with van der Waals surface area (Å²) in [5.41, 5.74) is 0.910. The fraction of sp³-hybridized carbons (Fsp3) is 0.381. The Morgan fingerprint density at radius 1 is 1.17 bits per heavy atom. The van der Waals surface area contributed by atoms with E-state index in [9.17, 15) is 13.2 Å². The maximum absolute atomic E-state index is 12.7. The summed E-state index contributed by atoms with van der Waals surface area (Å²) in [5, 5.41) is 2.78. The Hall–Kier alpha value is -2.42. The van der Waals surface area contributed by atoms with Crippen molar-refractivity contribution in [3.8, 4) is 5.75 Å². The highest BCUT2D eigenvalue weighted by Crippen LogP contribution is 2.20. The van der Waals surface area contributed by atoms with Gasteiger partial charge in [-0.3, -0.25) is 4.79 Å². The van der Waals surface area contributed by atoms with E-state index in [1.165, 1.54) is 16.4 Å². The maximum Gasteiger partial charge on any atom is 0.258 e. The number of hydrogen-bond donors (Lipinski definition) is 1. The summed E-state index contributed by atoms with van der Waals surface area (Å²) in [4.78, 5) is 12.0. The number of amides is 1. The van der Waals surface area contributed by atoms with Crippen LogP contribution >= 0.6 is 0 Å². The smallest absolute Gasteiger partial charge is 0.258 e. The largest absolute Gasteiger partial charge is 0.484 e. The van der Waals surface area contributed by atoms with Gasteiger partial charge in [-0.15, -0.1) is 0 Å². The van der Waals surface area contributed by atoms with E-state index in [1.807, 2.05) is 30.3 Å². The summed E-state index contributed by atoms with van der Waals surface area (Å²) < 4.78 is 37.7. The minimum atomic E-state index is -3.62. The van der Waals surface area contributed by atoms with Crippen molar-refractivity contribution in [2.24, 2.45) is 0 Å². The lowest BCUT2D eigenvalue weighted by Gasteiger charge is -2.17. The van der Waals surface area contributed by atoms with E-state index in [0.29, 0.717) is 12.3 Å². The highest BCUT2D eigenvalue weighted by molar-refractivity contribution is 7.89. The minimum Gasteiger partial charge on any atom is -0.484 e. The molecule has 0 radical (unpaired) electrons. The number of carbonyl (C=O) groups excluding carboxylic acids is 1. The third-order valence-electron chi connectivity index (χ3n) is 4.70. The average molecular weight is 419 g/mol. The number of carbonyl (C=O) groups is 1. The van der Waals surface area contributed by atoms with Crippen LogP contribution in [0.25, 0.3) is 0 Å². The molecule has 2 aromatic rings. The molecule has 8 heteroatoms. The molecule has 1 N–H and O–H groups in total. The van der Waals surface area contributed by atoms with Crippen molar-refractivity contribution in [3.63, 3.8) is 0 Å². The van der Waals surface area contributed by atoms with Gasteiger partial charge in [0, 0.05) is 26.7 Å². The van der Waals surface area contributed by atoms with E-state index in [-0.39, 0.29) is 30.1 Å². The van der Waals surface area contributed by atoms with Crippen LogP contribution in [-0.2, 0) is 26.1 Å². The van der Waals surface area contributed by atoms with Crippen LogP contribution in [-0.4, -0.2) is 51.5 Å². The quantitative estimate of drug-likeness (QED) is 0.675. The molecule has 1 unspecified atom stereocenters. The van der Waals surface area contributed by atoms with Gasteiger partial charge in [-0.25, -0.2) is 8.42 Å². The lowest BCUT2D eigenvalue weighted by Crippen LogP contribution is -2.35. The first-order chi connectivity index (χ1) is 13.9. The molecular weight excluding hydrogens is 392 g/mol. The van der Waals surface area contributed by atoms with Crippen molar-refractivity contribution in [1.29, 1.82) is 0 Å². The van der Waals surface area contributed by atoms with Gasteiger partial charge in [-0.1, -0.05) is 30.3 Å². The molecule has 7 nitrogen and oxygen atoms in total. The Morgan fingerprint density at radius 2 is 1.90 bits per heavy atom. The molecule has 1 aliphatic heterocycles. The zero-order valence-corrected chi connectivity index (χ0v) is 17.2. The summed E-state index contributed by atoms with van der Waals surface area (Å²) in [6.07, 6.45) is 2.05. The van der Waals surface area contributed by atoms with Crippen LogP contribution in [0.4, 0.5) is 0 Å². The van der Waals surface area contributed by atoms with E-state index >= 15 is 0 Å². The van der Waals surface area contributed by atoms with Crippen LogP contribution in [0.1, 0.15) is 18.4 Å². The highest BCUT2D eigenvalue weighted by atomic mass is 32.2.